The number of nitrogens with zero attached hydrogens (tertiary/aromatic N) is 6. The van der Waals surface area contributed by atoms with Gasteiger partial charge >= 0.3 is 34.1 Å². The molecule has 0 bridgehead atoms. The van der Waals surface area contributed by atoms with Gasteiger partial charge < -0.3 is 76.6 Å². The fourth-order valence-corrected chi connectivity index (χ4v) is 3.42. The fraction of sp³-hybridized carbons (Fsp3) is 0.375. The number of aromatic carboxylic acids is 3. The predicted octanol–water partition coefficient (Wildman–Crippen LogP) is -8.02. The van der Waals surface area contributed by atoms with E-state index in [0.717, 1.165) is 18.6 Å². The standard InChI is InChI=1S/3C8H11N3O4.2Fe/c3*1-4(9)2-5-3-11(8(14)15)6(10-5)7(12)13;;/h3*3-4H,2,9H2,1H3,(H,12,13)(H,14,15);;/q;;;2*+3/p-6/t3*4-;;/m111../s1. The maximum Gasteiger partial charge on any atom is 3.00 e. The van der Waals surface area contributed by atoms with Gasteiger partial charge in [-0.1, -0.05) is 0 Å². The Bertz CT molecular complexity index is 1290. The zero-order valence-corrected chi connectivity index (χ0v) is 26.8. The molecular weight excluding hydrogens is 718 g/mol. The van der Waals surface area contributed by atoms with E-state index in [0.29, 0.717) is 13.7 Å². The van der Waals surface area contributed by atoms with Gasteiger partial charge in [0.15, 0.2) is 17.5 Å². The van der Waals surface area contributed by atoms with E-state index in [1.165, 1.54) is 0 Å². The van der Waals surface area contributed by atoms with Crippen molar-refractivity contribution < 1.29 is 93.5 Å². The first-order valence-corrected chi connectivity index (χ1v) is 12.5. The minimum absolute atomic E-state index is 0. The Morgan fingerprint density at radius 3 is 0.830 bits per heavy atom. The molecule has 3 aromatic heterocycles. The maximum atomic E-state index is 10.5. The average Bonchev–Trinajstić information content (AvgIpc) is 3.61. The maximum absolute atomic E-state index is 10.5. The van der Waals surface area contributed by atoms with Crippen molar-refractivity contribution in [2.24, 2.45) is 17.2 Å². The molecule has 3 rings (SSSR count). The van der Waals surface area contributed by atoms with Crippen LogP contribution in [-0.4, -0.2) is 83.0 Å². The van der Waals surface area contributed by atoms with Gasteiger partial charge in [0.25, 0.3) is 0 Å². The monoisotopic (exact) mass is 745 g/mol. The molecule has 47 heavy (non-hydrogen) atoms. The molecular formula is C24H27Fe2N9O12. The van der Waals surface area contributed by atoms with E-state index in [-0.39, 0.29) is 88.6 Å². The van der Waals surface area contributed by atoms with Gasteiger partial charge in [-0.15, -0.1) is 0 Å². The Morgan fingerprint density at radius 2 is 0.723 bits per heavy atom. The van der Waals surface area contributed by atoms with Crippen LogP contribution in [-0.2, 0) is 53.4 Å². The molecule has 256 valence electrons. The van der Waals surface area contributed by atoms with Crippen molar-refractivity contribution in [1.29, 1.82) is 0 Å². The number of hydrogen-bond acceptors (Lipinski definition) is 18. The van der Waals surface area contributed by atoms with Crippen molar-refractivity contribution in [1.82, 2.24) is 28.7 Å². The number of imidazole rings is 3. The average molecular weight is 745 g/mol. The summed E-state index contributed by atoms with van der Waals surface area (Å²) in [5, 5.41) is 63.1. The number of aromatic nitrogens is 6. The molecule has 0 unspecified atom stereocenters. The first-order chi connectivity index (χ1) is 20.7. The molecule has 23 heteroatoms. The Hall–Kier alpha value is -4.63. The van der Waals surface area contributed by atoms with E-state index in [9.17, 15) is 59.4 Å². The summed E-state index contributed by atoms with van der Waals surface area (Å²) in [5.41, 5.74) is 17.2. The number of carboxylic acid groups (broad SMARTS) is 6. The summed E-state index contributed by atoms with van der Waals surface area (Å²) in [4.78, 5) is 73.8. The molecule has 3 heterocycles. The second-order valence-corrected chi connectivity index (χ2v) is 9.48. The molecule has 0 amide bonds. The minimum Gasteiger partial charge on any atom is -0.542 e. The van der Waals surface area contributed by atoms with Gasteiger partial charge in [-0.3, -0.25) is 13.7 Å². The number of hydrogen-bond donors (Lipinski definition) is 3. The largest absolute Gasteiger partial charge is 3.00 e. The zero-order chi connectivity index (χ0) is 34.8. The molecule has 0 fully saturated rings. The van der Waals surface area contributed by atoms with Gasteiger partial charge in [0.05, 0.1) is 17.1 Å². The van der Waals surface area contributed by atoms with Crippen LogP contribution in [0, 0.1) is 0 Å². The second-order valence-electron chi connectivity index (χ2n) is 9.48. The first kappa shape index (κ1) is 44.5. The van der Waals surface area contributed by atoms with Gasteiger partial charge in [0, 0.05) is 56.0 Å². The third kappa shape index (κ3) is 14.1. The Kier molecular flexibility index (Phi) is 18.7. The van der Waals surface area contributed by atoms with Crippen LogP contribution in [0.1, 0.15) is 69.7 Å². The van der Waals surface area contributed by atoms with Crippen molar-refractivity contribution in [3.05, 3.63) is 53.1 Å². The summed E-state index contributed by atoms with van der Waals surface area (Å²) < 4.78 is 1.19. The third-order valence-electron chi connectivity index (χ3n) is 5.00. The quantitative estimate of drug-likeness (QED) is 0.171. The third-order valence-corrected chi connectivity index (χ3v) is 5.00. The molecule has 0 spiro atoms. The Balaban J connectivity index is 0. The summed E-state index contributed by atoms with van der Waals surface area (Å²) in [6, 6.07) is -0.737. The molecule has 2 radical (unpaired) electrons. The number of carbonyl (C=O) groups excluding carboxylic acids is 6. The molecule has 0 aliphatic rings. The van der Waals surface area contributed by atoms with Crippen LogP contribution < -0.4 is 47.8 Å². The molecule has 3 aromatic rings. The topological polar surface area (TPSA) is 372 Å². The molecule has 0 aliphatic heterocycles. The van der Waals surface area contributed by atoms with Crippen molar-refractivity contribution >= 4 is 36.2 Å². The fourth-order valence-electron chi connectivity index (χ4n) is 3.42. The summed E-state index contributed by atoms with van der Waals surface area (Å²) in [6.45, 7) is 5.07. The van der Waals surface area contributed by atoms with Gasteiger partial charge in [0.2, 0.25) is 0 Å². The van der Waals surface area contributed by atoms with Crippen LogP contribution in [0.25, 0.3) is 0 Å². The van der Waals surface area contributed by atoms with E-state index in [2.05, 4.69) is 15.0 Å². The molecule has 0 aliphatic carbocycles. The summed E-state index contributed by atoms with van der Waals surface area (Å²) in [7, 11) is 0. The van der Waals surface area contributed by atoms with Gasteiger partial charge in [0.1, 0.15) is 36.2 Å². The number of nitrogens with two attached hydrogens (primary N) is 3. The number of rotatable bonds is 9. The van der Waals surface area contributed by atoms with Gasteiger partial charge in [-0.2, -0.15) is 0 Å². The SMILES string of the molecule is C[C@@H](N)Cc1cn(C(=O)[O-])c(C(=O)[O-])n1.C[C@@H](N)Cc1cn(C(=O)[O-])c(C(=O)[O-])n1.C[C@@H](N)Cc1cn(C(=O)[O-])c(C(=O)[O-])n1.[Fe+3].[Fe+3]. The molecule has 6 N–H and O–H groups in total. The Labute approximate surface area is 286 Å². The van der Waals surface area contributed by atoms with Crippen LogP contribution in [0.2, 0.25) is 0 Å². The Morgan fingerprint density at radius 1 is 0.532 bits per heavy atom. The van der Waals surface area contributed by atoms with Crippen molar-refractivity contribution in [3.8, 4) is 0 Å². The van der Waals surface area contributed by atoms with Gasteiger partial charge in [-0.05, 0) is 20.8 Å². The van der Waals surface area contributed by atoms with E-state index >= 15 is 0 Å². The van der Waals surface area contributed by atoms with Gasteiger partial charge in [-0.25, -0.2) is 15.0 Å². The van der Waals surface area contributed by atoms with Crippen molar-refractivity contribution in [2.75, 3.05) is 0 Å². The van der Waals surface area contributed by atoms with Crippen molar-refractivity contribution in [2.45, 2.75) is 58.2 Å². The zero-order valence-electron chi connectivity index (χ0n) is 24.6. The minimum atomic E-state index is -1.67. The molecule has 0 saturated carbocycles. The summed E-state index contributed by atoms with van der Waals surface area (Å²) in [6.07, 6.45) is -0.994. The normalized spacial score (nSPS) is 11.9. The second kappa shape index (κ2) is 19.8. The van der Waals surface area contributed by atoms with Crippen LogP contribution in [0.3, 0.4) is 0 Å². The first-order valence-electron chi connectivity index (χ1n) is 12.5. The van der Waals surface area contributed by atoms with E-state index in [4.69, 9.17) is 17.2 Å². The number of carboxylic acids is 3. The van der Waals surface area contributed by atoms with Crippen LogP contribution in [0.5, 0.6) is 0 Å². The van der Waals surface area contributed by atoms with Crippen molar-refractivity contribution in [3.63, 3.8) is 0 Å². The molecule has 0 saturated heterocycles. The summed E-state index contributed by atoms with van der Waals surface area (Å²) in [5.74, 6) is -7.08. The smallest absolute Gasteiger partial charge is 0.542 e. The number of carbonyl (C=O) groups is 6. The molecule has 21 nitrogen and oxygen atoms in total. The predicted molar refractivity (Wildman–Crippen MR) is 134 cm³/mol. The van der Waals surface area contributed by atoms with Crippen LogP contribution in [0.4, 0.5) is 14.4 Å². The summed E-state index contributed by atoms with van der Waals surface area (Å²) >= 11 is 0. The molecule has 3 atom stereocenters. The van der Waals surface area contributed by atoms with Crippen LogP contribution >= 0.6 is 0 Å². The van der Waals surface area contributed by atoms with E-state index in [1.54, 1.807) is 20.8 Å². The van der Waals surface area contributed by atoms with Crippen LogP contribution in [0.15, 0.2) is 18.6 Å². The molecule has 0 aromatic carbocycles. The van der Waals surface area contributed by atoms with E-state index < -0.39 is 53.7 Å². The van der Waals surface area contributed by atoms with E-state index in [1.807, 2.05) is 0 Å².